The molecule has 0 amide bonds. The summed E-state index contributed by atoms with van der Waals surface area (Å²) in [5.41, 5.74) is 0.916. The maximum atomic E-state index is 10.0. The molecule has 0 saturated heterocycles. The normalized spacial score (nSPS) is 12.5. The minimum atomic E-state index is -0.891. The number of carbonyl (C=O) groups is 1. The lowest BCUT2D eigenvalue weighted by molar-refractivity contribution is -0.114. The number of aldehydes is 1. The zero-order chi connectivity index (χ0) is 8.10. The van der Waals surface area contributed by atoms with Crippen molar-refractivity contribution in [1.29, 1.82) is 0 Å². The van der Waals surface area contributed by atoms with Gasteiger partial charge in [0.2, 0.25) is 0 Å². The van der Waals surface area contributed by atoms with E-state index in [-0.39, 0.29) is 0 Å². The largest absolute Gasteiger partial charge is 0.385 e. The number of pyridine rings is 1. The fourth-order valence-corrected chi connectivity index (χ4v) is 0.808. The van der Waals surface area contributed by atoms with Crippen LogP contribution in [0.15, 0.2) is 24.5 Å². The van der Waals surface area contributed by atoms with E-state index >= 15 is 0 Å². The van der Waals surface area contributed by atoms with E-state index < -0.39 is 6.10 Å². The van der Waals surface area contributed by atoms with Crippen molar-refractivity contribution in [2.45, 2.75) is 12.5 Å². The lowest BCUT2D eigenvalue weighted by Crippen LogP contribution is -2.11. The second kappa shape index (κ2) is 3.83. The number of aromatic nitrogens is 1. The summed E-state index contributed by atoms with van der Waals surface area (Å²) in [7, 11) is 0. The molecule has 0 bridgehead atoms. The molecule has 3 nitrogen and oxygen atoms in total. The third-order valence-electron chi connectivity index (χ3n) is 1.35. The number of hydrogen-bond acceptors (Lipinski definition) is 3. The van der Waals surface area contributed by atoms with Crippen LogP contribution in [0, 0.1) is 0 Å². The predicted octanol–water partition coefficient (Wildman–Crippen LogP) is 0.184. The number of aliphatic hydroxyl groups is 1. The van der Waals surface area contributed by atoms with Crippen molar-refractivity contribution in [3.05, 3.63) is 30.1 Å². The first-order chi connectivity index (χ1) is 5.33. The molecule has 1 heterocycles. The van der Waals surface area contributed by atoms with Crippen molar-refractivity contribution in [3.8, 4) is 0 Å². The molecule has 1 aromatic heterocycles. The fraction of sp³-hybridized carbons (Fsp3) is 0.250. The summed E-state index contributed by atoms with van der Waals surface area (Å²) in [6.45, 7) is 0. The smallest absolute Gasteiger partial charge is 0.148 e. The van der Waals surface area contributed by atoms with E-state index in [0.29, 0.717) is 12.7 Å². The Bertz CT molecular complexity index is 223. The summed E-state index contributed by atoms with van der Waals surface area (Å²) in [6, 6.07) is 3.54. The molecule has 0 radical (unpaired) electrons. The van der Waals surface area contributed by atoms with Crippen LogP contribution in [-0.4, -0.2) is 22.5 Å². The van der Waals surface area contributed by atoms with Gasteiger partial charge >= 0.3 is 0 Å². The van der Waals surface area contributed by atoms with Gasteiger partial charge in [-0.3, -0.25) is 4.98 Å². The van der Waals surface area contributed by atoms with Crippen LogP contribution in [0.5, 0.6) is 0 Å². The van der Waals surface area contributed by atoms with Crippen LogP contribution in [0.2, 0.25) is 0 Å². The molecule has 58 valence electrons. The lowest BCUT2D eigenvalue weighted by Gasteiger charge is -2.00. The van der Waals surface area contributed by atoms with E-state index in [1.807, 2.05) is 0 Å². The Balaban J connectivity index is 2.57. The third kappa shape index (κ3) is 2.47. The summed E-state index contributed by atoms with van der Waals surface area (Å²) in [6.07, 6.45) is 3.27. The van der Waals surface area contributed by atoms with Crippen molar-refractivity contribution in [2.75, 3.05) is 0 Å². The van der Waals surface area contributed by atoms with Crippen LogP contribution in [0.4, 0.5) is 0 Å². The molecule has 3 heteroatoms. The monoisotopic (exact) mass is 151 g/mol. The number of hydrogen-bond donors (Lipinski definition) is 1. The molecule has 1 rings (SSSR count). The summed E-state index contributed by atoms with van der Waals surface area (Å²) in [5.74, 6) is 0. The van der Waals surface area contributed by atoms with Crippen LogP contribution >= 0.6 is 0 Å². The number of nitrogens with zero attached hydrogens (tertiary/aromatic N) is 1. The maximum absolute atomic E-state index is 10.0. The molecular weight excluding hydrogens is 142 g/mol. The van der Waals surface area contributed by atoms with Crippen LogP contribution in [-0.2, 0) is 11.2 Å². The molecule has 1 unspecified atom stereocenters. The van der Waals surface area contributed by atoms with E-state index in [1.54, 1.807) is 24.5 Å². The highest BCUT2D eigenvalue weighted by Crippen LogP contribution is 1.99. The topological polar surface area (TPSA) is 50.2 Å². The lowest BCUT2D eigenvalue weighted by atomic mass is 10.1. The van der Waals surface area contributed by atoms with E-state index in [1.165, 1.54) is 0 Å². The number of carbonyl (C=O) groups excluding carboxylic acids is 1. The zero-order valence-corrected chi connectivity index (χ0v) is 5.97. The Labute approximate surface area is 64.7 Å². The van der Waals surface area contributed by atoms with Gasteiger partial charge < -0.3 is 9.90 Å². The third-order valence-corrected chi connectivity index (χ3v) is 1.35. The van der Waals surface area contributed by atoms with Gasteiger partial charge in [-0.1, -0.05) is 0 Å². The minimum Gasteiger partial charge on any atom is -0.385 e. The Hall–Kier alpha value is -1.22. The second-order valence-electron chi connectivity index (χ2n) is 2.26. The summed E-state index contributed by atoms with van der Waals surface area (Å²) >= 11 is 0. The van der Waals surface area contributed by atoms with Crippen molar-refractivity contribution in [1.82, 2.24) is 4.98 Å². The van der Waals surface area contributed by atoms with Gasteiger partial charge in [0.1, 0.15) is 12.4 Å². The van der Waals surface area contributed by atoms with Gasteiger partial charge in [0.05, 0.1) is 0 Å². The van der Waals surface area contributed by atoms with Crippen LogP contribution in [0.3, 0.4) is 0 Å². The Morgan fingerprint density at radius 2 is 2.18 bits per heavy atom. The van der Waals surface area contributed by atoms with Gasteiger partial charge in [-0.25, -0.2) is 0 Å². The predicted molar refractivity (Wildman–Crippen MR) is 40.0 cm³/mol. The van der Waals surface area contributed by atoms with Crippen molar-refractivity contribution < 1.29 is 9.90 Å². The first kappa shape index (κ1) is 7.88. The SMILES string of the molecule is O=CC(O)Cc1ccncc1. The molecule has 1 aromatic rings. The van der Waals surface area contributed by atoms with Gasteiger partial charge in [0.25, 0.3) is 0 Å². The molecular formula is C8H9NO2. The maximum Gasteiger partial charge on any atom is 0.148 e. The van der Waals surface area contributed by atoms with Crippen LogP contribution < -0.4 is 0 Å². The first-order valence-electron chi connectivity index (χ1n) is 3.35. The van der Waals surface area contributed by atoms with Crippen LogP contribution in [0.25, 0.3) is 0 Å². The minimum absolute atomic E-state index is 0.367. The van der Waals surface area contributed by atoms with Gasteiger partial charge in [0.15, 0.2) is 0 Å². The molecule has 0 saturated carbocycles. The van der Waals surface area contributed by atoms with Gasteiger partial charge in [0, 0.05) is 18.8 Å². The Morgan fingerprint density at radius 1 is 1.55 bits per heavy atom. The van der Waals surface area contributed by atoms with E-state index in [4.69, 9.17) is 5.11 Å². The first-order valence-corrected chi connectivity index (χ1v) is 3.35. The number of aliphatic hydroxyl groups excluding tert-OH is 1. The highest BCUT2D eigenvalue weighted by atomic mass is 16.3. The molecule has 0 fully saturated rings. The summed E-state index contributed by atoms with van der Waals surface area (Å²) in [4.78, 5) is 13.9. The van der Waals surface area contributed by atoms with Gasteiger partial charge in [-0.05, 0) is 17.7 Å². The average Bonchev–Trinajstić information content (AvgIpc) is 2.06. The van der Waals surface area contributed by atoms with E-state index in [2.05, 4.69) is 4.98 Å². The average molecular weight is 151 g/mol. The zero-order valence-electron chi connectivity index (χ0n) is 5.97. The van der Waals surface area contributed by atoms with Crippen molar-refractivity contribution >= 4 is 6.29 Å². The van der Waals surface area contributed by atoms with Crippen LogP contribution in [0.1, 0.15) is 5.56 Å². The summed E-state index contributed by atoms with van der Waals surface area (Å²) in [5, 5.41) is 8.92. The standard InChI is InChI=1S/C8H9NO2/c10-6-8(11)5-7-1-3-9-4-2-7/h1-4,6,8,11H,5H2. The molecule has 0 aliphatic carbocycles. The Kier molecular flexibility index (Phi) is 2.74. The highest BCUT2D eigenvalue weighted by molar-refractivity contribution is 5.56. The highest BCUT2D eigenvalue weighted by Gasteiger charge is 2.01. The van der Waals surface area contributed by atoms with Crippen molar-refractivity contribution in [3.63, 3.8) is 0 Å². The molecule has 0 aliphatic heterocycles. The van der Waals surface area contributed by atoms with Gasteiger partial charge in [-0.15, -0.1) is 0 Å². The van der Waals surface area contributed by atoms with E-state index in [0.717, 1.165) is 5.56 Å². The fourth-order valence-electron chi connectivity index (χ4n) is 0.808. The Morgan fingerprint density at radius 3 is 2.73 bits per heavy atom. The molecule has 0 aromatic carbocycles. The molecule has 1 atom stereocenters. The molecule has 11 heavy (non-hydrogen) atoms. The molecule has 1 N–H and O–H groups in total. The molecule has 0 aliphatic rings. The van der Waals surface area contributed by atoms with Gasteiger partial charge in [-0.2, -0.15) is 0 Å². The molecule has 0 spiro atoms. The summed E-state index contributed by atoms with van der Waals surface area (Å²) < 4.78 is 0. The van der Waals surface area contributed by atoms with Crippen molar-refractivity contribution in [2.24, 2.45) is 0 Å². The second-order valence-corrected chi connectivity index (χ2v) is 2.26. The quantitative estimate of drug-likeness (QED) is 0.627. The number of rotatable bonds is 3. The van der Waals surface area contributed by atoms with E-state index in [9.17, 15) is 4.79 Å².